The second kappa shape index (κ2) is 6.10. The number of nitrogens with two attached hydrogens (primary N) is 1. The number of alkyl halides is 2. The third-order valence-corrected chi connectivity index (χ3v) is 4.05. The van der Waals surface area contributed by atoms with Crippen molar-refractivity contribution in [1.29, 1.82) is 0 Å². The summed E-state index contributed by atoms with van der Waals surface area (Å²) in [7, 11) is 0. The number of imidazole rings is 1. The standard InChI is InChI=1S/C17H15F2N7/c1-9(21-7-14(18)19)13-6-22-15-3-2-10(8-26(13)15)11-4-23-16-12(11)5-24-17(20)25-16/h2-6,8,14,21H,1,7H2,(H3,20,23,24,25). The van der Waals surface area contributed by atoms with E-state index in [9.17, 15) is 8.78 Å². The molecule has 4 rings (SSSR count). The van der Waals surface area contributed by atoms with Crippen molar-refractivity contribution in [3.8, 4) is 11.1 Å². The number of fused-ring (bicyclic) bond motifs is 2. The quantitative estimate of drug-likeness (QED) is 0.511. The third-order valence-electron chi connectivity index (χ3n) is 4.05. The molecule has 132 valence electrons. The molecule has 7 nitrogen and oxygen atoms in total. The maximum atomic E-state index is 12.4. The first-order chi connectivity index (χ1) is 12.5. The number of nitrogens with one attached hydrogen (secondary N) is 2. The van der Waals surface area contributed by atoms with Crippen molar-refractivity contribution in [2.45, 2.75) is 6.43 Å². The van der Waals surface area contributed by atoms with Crippen LogP contribution in [0.3, 0.4) is 0 Å². The molecule has 4 heterocycles. The van der Waals surface area contributed by atoms with E-state index in [1.54, 1.807) is 16.8 Å². The van der Waals surface area contributed by atoms with Gasteiger partial charge in [0.25, 0.3) is 6.43 Å². The van der Waals surface area contributed by atoms with Gasteiger partial charge in [0.2, 0.25) is 5.95 Å². The summed E-state index contributed by atoms with van der Waals surface area (Å²) in [6, 6.07) is 3.76. The molecule has 0 saturated heterocycles. The predicted molar refractivity (Wildman–Crippen MR) is 95.5 cm³/mol. The molecule has 0 radical (unpaired) electrons. The molecule has 9 heteroatoms. The van der Waals surface area contributed by atoms with Crippen LogP contribution in [0.2, 0.25) is 0 Å². The normalized spacial score (nSPS) is 11.5. The van der Waals surface area contributed by atoms with Gasteiger partial charge in [-0.3, -0.25) is 4.40 Å². The van der Waals surface area contributed by atoms with Gasteiger partial charge in [0.15, 0.2) is 0 Å². The highest BCUT2D eigenvalue weighted by atomic mass is 19.3. The number of aromatic amines is 1. The number of nitrogens with zero attached hydrogens (tertiary/aromatic N) is 4. The zero-order valence-electron chi connectivity index (χ0n) is 13.6. The molecule has 0 aliphatic rings. The number of hydrogen-bond acceptors (Lipinski definition) is 5. The summed E-state index contributed by atoms with van der Waals surface area (Å²) >= 11 is 0. The van der Waals surface area contributed by atoms with Gasteiger partial charge in [0.1, 0.15) is 11.3 Å². The minimum absolute atomic E-state index is 0.194. The van der Waals surface area contributed by atoms with Gasteiger partial charge in [-0.15, -0.1) is 0 Å². The monoisotopic (exact) mass is 355 g/mol. The van der Waals surface area contributed by atoms with Gasteiger partial charge in [-0.2, -0.15) is 4.98 Å². The highest BCUT2D eigenvalue weighted by Crippen LogP contribution is 2.28. The summed E-state index contributed by atoms with van der Waals surface area (Å²) in [4.78, 5) is 15.6. The molecule has 0 aliphatic heterocycles. The summed E-state index contributed by atoms with van der Waals surface area (Å²) in [6.07, 6.45) is 4.48. The Morgan fingerprint density at radius 1 is 1.31 bits per heavy atom. The molecular weight excluding hydrogens is 340 g/mol. The first-order valence-electron chi connectivity index (χ1n) is 7.81. The molecule has 0 spiro atoms. The molecule has 4 aromatic heterocycles. The lowest BCUT2D eigenvalue weighted by Crippen LogP contribution is -2.19. The van der Waals surface area contributed by atoms with Crippen molar-refractivity contribution in [3.05, 3.63) is 49.2 Å². The Kier molecular flexibility index (Phi) is 3.76. The lowest BCUT2D eigenvalue weighted by Gasteiger charge is -2.09. The number of nitrogen functional groups attached to an aromatic ring is 1. The highest BCUT2D eigenvalue weighted by Gasteiger charge is 2.12. The van der Waals surface area contributed by atoms with Crippen LogP contribution in [0, 0.1) is 0 Å². The topological polar surface area (TPSA) is 96.9 Å². The maximum Gasteiger partial charge on any atom is 0.255 e. The Bertz CT molecular complexity index is 1110. The van der Waals surface area contributed by atoms with Crippen molar-refractivity contribution in [2.24, 2.45) is 0 Å². The van der Waals surface area contributed by atoms with E-state index in [0.717, 1.165) is 16.5 Å². The van der Waals surface area contributed by atoms with Crippen LogP contribution in [0.15, 0.2) is 43.5 Å². The van der Waals surface area contributed by atoms with Crippen LogP contribution in [0.25, 0.3) is 33.5 Å². The van der Waals surface area contributed by atoms with E-state index < -0.39 is 13.0 Å². The number of pyridine rings is 1. The smallest absolute Gasteiger partial charge is 0.255 e. The Balaban J connectivity index is 1.77. The average molecular weight is 355 g/mol. The molecule has 0 aliphatic carbocycles. The molecular formula is C17H15F2N7. The summed E-state index contributed by atoms with van der Waals surface area (Å²) in [5.41, 5.74) is 9.71. The number of rotatable bonds is 5. The lowest BCUT2D eigenvalue weighted by atomic mass is 10.1. The van der Waals surface area contributed by atoms with Crippen LogP contribution >= 0.6 is 0 Å². The van der Waals surface area contributed by atoms with Gasteiger partial charge >= 0.3 is 0 Å². The molecule has 0 fully saturated rings. The summed E-state index contributed by atoms with van der Waals surface area (Å²) in [6.45, 7) is 3.36. The molecule has 4 aromatic rings. The Morgan fingerprint density at radius 2 is 2.15 bits per heavy atom. The van der Waals surface area contributed by atoms with Crippen LogP contribution in [0.4, 0.5) is 14.7 Å². The summed E-state index contributed by atoms with van der Waals surface area (Å²) < 4.78 is 26.7. The average Bonchev–Trinajstić information content (AvgIpc) is 3.22. The fourth-order valence-electron chi connectivity index (χ4n) is 2.81. The van der Waals surface area contributed by atoms with Gasteiger partial charge in [-0.1, -0.05) is 6.58 Å². The number of halogens is 2. The second-order valence-corrected chi connectivity index (χ2v) is 5.73. The molecule has 0 unspecified atom stereocenters. The number of aromatic nitrogens is 5. The van der Waals surface area contributed by atoms with E-state index in [4.69, 9.17) is 5.73 Å². The third kappa shape index (κ3) is 2.73. The largest absolute Gasteiger partial charge is 0.378 e. The number of anilines is 1. The van der Waals surface area contributed by atoms with E-state index in [0.29, 0.717) is 22.7 Å². The van der Waals surface area contributed by atoms with Gasteiger partial charge in [-0.25, -0.2) is 18.7 Å². The van der Waals surface area contributed by atoms with Crippen LogP contribution in [-0.4, -0.2) is 37.3 Å². The van der Waals surface area contributed by atoms with E-state index in [1.807, 2.05) is 24.5 Å². The number of hydrogen-bond donors (Lipinski definition) is 3. The minimum Gasteiger partial charge on any atom is -0.378 e. The lowest BCUT2D eigenvalue weighted by molar-refractivity contribution is 0.151. The van der Waals surface area contributed by atoms with Gasteiger partial charge in [-0.05, 0) is 12.1 Å². The van der Waals surface area contributed by atoms with Gasteiger partial charge in [0.05, 0.1) is 24.1 Å². The summed E-state index contributed by atoms with van der Waals surface area (Å²) in [5.74, 6) is 0.194. The van der Waals surface area contributed by atoms with Crippen molar-refractivity contribution >= 4 is 28.3 Å². The van der Waals surface area contributed by atoms with E-state index in [2.05, 4.69) is 31.8 Å². The molecule has 0 bridgehead atoms. The zero-order valence-corrected chi connectivity index (χ0v) is 13.6. The molecule has 0 amide bonds. The van der Waals surface area contributed by atoms with Gasteiger partial charge in [0, 0.05) is 35.1 Å². The van der Waals surface area contributed by atoms with Crippen LogP contribution in [0.5, 0.6) is 0 Å². The molecule has 0 saturated carbocycles. The van der Waals surface area contributed by atoms with E-state index in [-0.39, 0.29) is 5.95 Å². The van der Waals surface area contributed by atoms with Crippen LogP contribution in [0.1, 0.15) is 5.69 Å². The Morgan fingerprint density at radius 3 is 2.96 bits per heavy atom. The molecule has 0 atom stereocenters. The predicted octanol–water partition coefficient (Wildman–Crippen LogP) is 2.68. The summed E-state index contributed by atoms with van der Waals surface area (Å²) in [5, 5.41) is 3.45. The van der Waals surface area contributed by atoms with Crippen molar-refractivity contribution in [2.75, 3.05) is 12.3 Å². The van der Waals surface area contributed by atoms with Gasteiger partial charge < -0.3 is 16.0 Å². The molecule has 4 N–H and O–H groups in total. The number of H-pyrrole nitrogens is 1. The fraction of sp³-hybridized carbons (Fsp3) is 0.118. The molecule has 0 aromatic carbocycles. The first kappa shape index (κ1) is 16.0. The van der Waals surface area contributed by atoms with Crippen molar-refractivity contribution in [3.63, 3.8) is 0 Å². The van der Waals surface area contributed by atoms with Crippen molar-refractivity contribution < 1.29 is 8.78 Å². The fourth-order valence-corrected chi connectivity index (χ4v) is 2.81. The van der Waals surface area contributed by atoms with E-state index >= 15 is 0 Å². The Labute approximate surface area is 146 Å². The molecule has 26 heavy (non-hydrogen) atoms. The Hall–Kier alpha value is -3.49. The highest BCUT2D eigenvalue weighted by molar-refractivity contribution is 5.93. The maximum absolute atomic E-state index is 12.4. The SMILES string of the molecule is C=C(NCC(F)F)c1cnc2ccc(-c3c[nH]c4nc(N)ncc34)cn12. The van der Waals surface area contributed by atoms with E-state index in [1.165, 1.54) is 0 Å². The van der Waals surface area contributed by atoms with Crippen LogP contribution < -0.4 is 11.1 Å². The second-order valence-electron chi connectivity index (χ2n) is 5.73. The first-order valence-corrected chi connectivity index (χ1v) is 7.81. The zero-order chi connectivity index (χ0) is 18.3. The van der Waals surface area contributed by atoms with Crippen molar-refractivity contribution in [1.82, 2.24) is 29.7 Å². The van der Waals surface area contributed by atoms with Crippen LogP contribution in [-0.2, 0) is 0 Å². The minimum atomic E-state index is -2.46.